The molecule has 1 aliphatic rings. The van der Waals surface area contributed by atoms with E-state index in [0.29, 0.717) is 13.0 Å². The Morgan fingerprint density at radius 3 is 2.95 bits per heavy atom. The predicted octanol–water partition coefficient (Wildman–Crippen LogP) is 1.95. The molecule has 1 amide bonds. The van der Waals surface area contributed by atoms with E-state index in [1.807, 2.05) is 17.5 Å². The molecule has 1 aliphatic heterocycles. The van der Waals surface area contributed by atoms with E-state index in [2.05, 4.69) is 5.32 Å². The number of rotatable bonds is 5. The van der Waals surface area contributed by atoms with Gasteiger partial charge < -0.3 is 15.2 Å². The van der Waals surface area contributed by atoms with Crippen molar-refractivity contribution in [1.82, 2.24) is 5.32 Å². The number of carboxylic acids is 1. The van der Waals surface area contributed by atoms with Crippen LogP contribution >= 0.6 is 11.3 Å². The average Bonchev–Trinajstić information content (AvgIpc) is 2.92. The van der Waals surface area contributed by atoms with Gasteiger partial charge in [-0.15, -0.1) is 11.3 Å². The van der Waals surface area contributed by atoms with Crippen molar-refractivity contribution in [3.05, 3.63) is 22.4 Å². The molecule has 0 unspecified atom stereocenters. The van der Waals surface area contributed by atoms with Crippen molar-refractivity contribution in [2.75, 3.05) is 6.61 Å². The molecule has 2 atom stereocenters. The number of nitrogens with one attached hydrogen (secondary N) is 1. The van der Waals surface area contributed by atoms with Crippen LogP contribution in [-0.2, 0) is 14.3 Å². The fraction of sp³-hybridized carbons (Fsp3) is 0.538. The molecule has 1 saturated heterocycles. The molecule has 0 radical (unpaired) electrons. The van der Waals surface area contributed by atoms with Gasteiger partial charge in [0.2, 0.25) is 5.91 Å². The summed E-state index contributed by atoms with van der Waals surface area (Å²) in [5.74, 6) is -1.14. The third kappa shape index (κ3) is 4.04. The Labute approximate surface area is 115 Å². The lowest BCUT2D eigenvalue weighted by Crippen LogP contribution is -2.40. The van der Waals surface area contributed by atoms with Crippen LogP contribution in [0.4, 0.5) is 0 Å². The van der Waals surface area contributed by atoms with Crippen molar-refractivity contribution in [2.45, 2.75) is 37.8 Å². The number of thiophene rings is 1. The molecule has 2 rings (SSSR count). The van der Waals surface area contributed by atoms with Crippen molar-refractivity contribution >= 4 is 23.2 Å². The highest BCUT2D eigenvalue weighted by atomic mass is 32.1. The summed E-state index contributed by atoms with van der Waals surface area (Å²) in [4.78, 5) is 23.8. The molecule has 0 aliphatic carbocycles. The summed E-state index contributed by atoms with van der Waals surface area (Å²) in [6, 6.07) is 3.20. The largest absolute Gasteiger partial charge is 0.481 e. The predicted molar refractivity (Wildman–Crippen MR) is 71.0 cm³/mol. The number of amides is 1. The van der Waals surface area contributed by atoms with Crippen LogP contribution in [0.3, 0.4) is 0 Å². The van der Waals surface area contributed by atoms with Gasteiger partial charge in [-0.25, -0.2) is 0 Å². The first kappa shape index (κ1) is 14.0. The topological polar surface area (TPSA) is 75.6 Å². The van der Waals surface area contributed by atoms with Crippen LogP contribution < -0.4 is 5.32 Å². The van der Waals surface area contributed by atoms with Gasteiger partial charge in [0.05, 0.1) is 12.5 Å². The molecule has 2 heterocycles. The first-order valence-corrected chi connectivity index (χ1v) is 7.22. The summed E-state index contributed by atoms with van der Waals surface area (Å²) < 4.78 is 5.41. The highest BCUT2D eigenvalue weighted by Crippen LogP contribution is 2.23. The number of aliphatic carboxylic acids is 1. The van der Waals surface area contributed by atoms with Crippen molar-refractivity contribution < 1.29 is 19.4 Å². The van der Waals surface area contributed by atoms with Crippen LogP contribution in [0.25, 0.3) is 0 Å². The van der Waals surface area contributed by atoms with E-state index in [4.69, 9.17) is 9.84 Å². The Balaban J connectivity index is 1.99. The second-order valence-corrected chi connectivity index (χ2v) is 5.51. The van der Waals surface area contributed by atoms with E-state index < -0.39 is 18.1 Å². The fourth-order valence-electron chi connectivity index (χ4n) is 2.10. The molecule has 0 bridgehead atoms. The second kappa shape index (κ2) is 6.68. The van der Waals surface area contributed by atoms with Crippen LogP contribution in [-0.4, -0.2) is 29.7 Å². The van der Waals surface area contributed by atoms with Crippen LogP contribution in [0.1, 0.15) is 36.6 Å². The summed E-state index contributed by atoms with van der Waals surface area (Å²) in [5.41, 5.74) is 0. The Morgan fingerprint density at radius 2 is 2.37 bits per heavy atom. The Kier molecular flexibility index (Phi) is 4.93. The fourth-order valence-corrected chi connectivity index (χ4v) is 2.88. The number of carbonyl (C=O) groups is 2. The molecule has 0 saturated carbocycles. The van der Waals surface area contributed by atoms with E-state index >= 15 is 0 Å². The van der Waals surface area contributed by atoms with Crippen molar-refractivity contribution in [1.29, 1.82) is 0 Å². The van der Waals surface area contributed by atoms with Gasteiger partial charge in [0.15, 0.2) is 0 Å². The molecule has 5 nitrogen and oxygen atoms in total. The zero-order chi connectivity index (χ0) is 13.7. The first-order valence-electron chi connectivity index (χ1n) is 6.34. The maximum atomic E-state index is 12.1. The minimum Gasteiger partial charge on any atom is -0.481 e. The quantitative estimate of drug-likeness (QED) is 0.866. The third-order valence-electron chi connectivity index (χ3n) is 3.05. The summed E-state index contributed by atoms with van der Waals surface area (Å²) in [5, 5.41) is 13.6. The van der Waals surface area contributed by atoms with Gasteiger partial charge in [-0.3, -0.25) is 9.59 Å². The summed E-state index contributed by atoms with van der Waals surface area (Å²) in [6.45, 7) is 0.598. The molecule has 0 spiro atoms. The molecule has 1 fully saturated rings. The van der Waals surface area contributed by atoms with Gasteiger partial charge in [0.25, 0.3) is 0 Å². The smallest absolute Gasteiger partial charge is 0.305 e. The van der Waals surface area contributed by atoms with Gasteiger partial charge in [-0.1, -0.05) is 6.07 Å². The number of hydrogen-bond acceptors (Lipinski definition) is 4. The molecule has 104 valence electrons. The van der Waals surface area contributed by atoms with Crippen molar-refractivity contribution in [2.24, 2.45) is 0 Å². The van der Waals surface area contributed by atoms with E-state index in [1.54, 1.807) is 0 Å². The van der Waals surface area contributed by atoms with Crippen LogP contribution in [0, 0.1) is 0 Å². The Bertz CT molecular complexity index is 426. The maximum Gasteiger partial charge on any atom is 0.305 e. The van der Waals surface area contributed by atoms with Gasteiger partial charge >= 0.3 is 5.97 Å². The number of ether oxygens (including phenoxy) is 1. The minimum atomic E-state index is -0.928. The zero-order valence-corrected chi connectivity index (χ0v) is 11.3. The minimum absolute atomic E-state index is 0.112. The Morgan fingerprint density at radius 1 is 1.53 bits per heavy atom. The van der Waals surface area contributed by atoms with Gasteiger partial charge in [-0.2, -0.15) is 0 Å². The molecule has 1 aromatic heterocycles. The monoisotopic (exact) mass is 283 g/mol. The first-order chi connectivity index (χ1) is 9.16. The summed E-state index contributed by atoms with van der Waals surface area (Å²) >= 11 is 1.44. The van der Waals surface area contributed by atoms with Crippen LogP contribution in [0.2, 0.25) is 0 Å². The standard InChI is InChI=1S/C13H17NO4S/c15-12(16)8-9(11-5-3-7-19-11)14-13(17)10-4-1-2-6-18-10/h3,5,7,9-10H,1-2,4,6,8H2,(H,14,17)(H,15,16)/t9-,10+/m1/s1. The highest BCUT2D eigenvalue weighted by molar-refractivity contribution is 7.10. The van der Waals surface area contributed by atoms with Crippen LogP contribution in [0.5, 0.6) is 0 Å². The van der Waals surface area contributed by atoms with Crippen molar-refractivity contribution in [3.63, 3.8) is 0 Å². The lowest BCUT2D eigenvalue weighted by atomic mass is 10.1. The van der Waals surface area contributed by atoms with Crippen LogP contribution in [0.15, 0.2) is 17.5 Å². The number of carboxylic acid groups (broad SMARTS) is 1. The van der Waals surface area contributed by atoms with E-state index in [1.165, 1.54) is 11.3 Å². The zero-order valence-electron chi connectivity index (χ0n) is 10.5. The molecule has 0 aromatic carbocycles. The lowest BCUT2D eigenvalue weighted by Gasteiger charge is -2.24. The second-order valence-electron chi connectivity index (χ2n) is 4.53. The van der Waals surface area contributed by atoms with Gasteiger partial charge in [0, 0.05) is 11.5 Å². The third-order valence-corrected chi connectivity index (χ3v) is 4.04. The lowest BCUT2D eigenvalue weighted by molar-refractivity contribution is -0.139. The number of carbonyl (C=O) groups excluding carboxylic acids is 1. The summed E-state index contributed by atoms with van der Waals surface area (Å²) in [7, 11) is 0. The molecular weight excluding hydrogens is 266 g/mol. The normalized spacial score (nSPS) is 20.7. The molecule has 1 aromatic rings. The van der Waals surface area contributed by atoms with Gasteiger partial charge in [0.1, 0.15) is 6.10 Å². The molecule has 2 N–H and O–H groups in total. The molecule has 19 heavy (non-hydrogen) atoms. The summed E-state index contributed by atoms with van der Waals surface area (Å²) in [6.07, 6.45) is 2.10. The molecule has 6 heteroatoms. The van der Waals surface area contributed by atoms with Gasteiger partial charge in [-0.05, 0) is 30.7 Å². The highest BCUT2D eigenvalue weighted by Gasteiger charge is 2.26. The van der Waals surface area contributed by atoms with E-state index in [0.717, 1.165) is 17.7 Å². The van der Waals surface area contributed by atoms with E-state index in [-0.39, 0.29) is 12.3 Å². The number of hydrogen-bond donors (Lipinski definition) is 2. The van der Waals surface area contributed by atoms with Crippen molar-refractivity contribution in [3.8, 4) is 0 Å². The van der Waals surface area contributed by atoms with E-state index in [9.17, 15) is 9.59 Å². The SMILES string of the molecule is O=C(O)C[C@@H](NC(=O)[C@@H]1CCCCO1)c1cccs1. The maximum absolute atomic E-state index is 12.1. The average molecular weight is 283 g/mol. The molecular formula is C13H17NO4S. The Hall–Kier alpha value is -1.40.